The molecule has 2 unspecified atom stereocenters. The Kier molecular flexibility index (Phi) is 6.93. The molecule has 5 nitrogen and oxygen atoms in total. The van der Waals surface area contributed by atoms with Gasteiger partial charge in [0.1, 0.15) is 6.23 Å². The third-order valence-corrected chi connectivity index (χ3v) is 5.50. The molecule has 1 fully saturated rings. The number of urea groups is 1. The van der Waals surface area contributed by atoms with E-state index in [4.69, 9.17) is 0 Å². The van der Waals surface area contributed by atoms with E-state index in [1.54, 1.807) is 4.90 Å². The number of nitrogens with one attached hydrogen (secondary N) is 2. The fraction of sp³-hybridized carbons (Fsp3) is 0.458. The Hall–Kier alpha value is -2.37. The van der Waals surface area contributed by atoms with Crippen molar-refractivity contribution in [2.75, 3.05) is 11.9 Å². The Morgan fingerprint density at radius 2 is 1.79 bits per heavy atom. The fourth-order valence-electron chi connectivity index (χ4n) is 3.71. The molecule has 1 aliphatic rings. The molecule has 0 radical (unpaired) electrons. The molecule has 3 N–H and O–H groups in total. The van der Waals surface area contributed by atoms with Gasteiger partial charge in [-0.2, -0.15) is 0 Å². The van der Waals surface area contributed by atoms with E-state index in [1.807, 2.05) is 30.3 Å². The Labute approximate surface area is 174 Å². The summed E-state index contributed by atoms with van der Waals surface area (Å²) in [4.78, 5) is 14.9. The van der Waals surface area contributed by atoms with Crippen molar-refractivity contribution >= 4 is 11.7 Å². The summed E-state index contributed by atoms with van der Waals surface area (Å²) in [5.41, 5.74) is 3.15. The second kappa shape index (κ2) is 9.42. The predicted molar refractivity (Wildman–Crippen MR) is 118 cm³/mol. The highest BCUT2D eigenvalue weighted by molar-refractivity contribution is 5.89. The van der Waals surface area contributed by atoms with E-state index in [0.29, 0.717) is 6.54 Å². The minimum absolute atomic E-state index is 0.0876. The van der Waals surface area contributed by atoms with E-state index in [9.17, 15) is 9.90 Å². The van der Waals surface area contributed by atoms with Gasteiger partial charge in [-0.1, -0.05) is 63.2 Å². The Morgan fingerprint density at radius 3 is 2.45 bits per heavy atom. The smallest absolute Gasteiger partial charge is 0.322 e. The third kappa shape index (κ3) is 5.81. The van der Waals surface area contributed by atoms with Crippen molar-refractivity contribution in [2.24, 2.45) is 0 Å². The minimum atomic E-state index is -0.729. The van der Waals surface area contributed by atoms with Gasteiger partial charge in [0.15, 0.2) is 0 Å². The lowest BCUT2D eigenvalue weighted by atomic mass is 9.86. The van der Waals surface area contributed by atoms with Gasteiger partial charge in [-0.15, -0.1) is 0 Å². The molecule has 2 amide bonds. The summed E-state index contributed by atoms with van der Waals surface area (Å²) in [7, 11) is 0. The lowest BCUT2D eigenvalue weighted by Crippen LogP contribution is -2.52. The topological polar surface area (TPSA) is 64.6 Å². The molecular weight excluding hydrogens is 362 g/mol. The van der Waals surface area contributed by atoms with Crippen LogP contribution in [0.2, 0.25) is 0 Å². The number of aliphatic hydroxyl groups excluding tert-OH is 1. The number of amides is 2. The van der Waals surface area contributed by atoms with Crippen LogP contribution in [0.3, 0.4) is 0 Å². The number of hydrogen-bond acceptors (Lipinski definition) is 3. The number of rotatable bonds is 4. The molecule has 0 aromatic heterocycles. The van der Waals surface area contributed by atoms with Crippen molar-refractivity contribution in [3.63, 3.8) is 0 Å². The Bertz CT molecular complexity index is 784. The van der Waals surface area contributed by atoms with Crippen molar-refractivity contribution in [3.8, 4) is 0 Å². The summed E-state index contributed by atoms with van der Waals surface area (Å²) >= 11 is 0. The summed E-state index contributed by atoms with van der Waals surface area (Å²) in [6.07, 6.45) is 2.03. The summed E-state index contributed by atoms with van der Waals surface area (Å²) < 4.78 is 0. The normalized spacial score (nSPS) is 20.0. The quantitative estimate of drug-likeness (QED) is 0.715. The second-order valence-corrected chi connectivity index (χ2v) is 8.83. The average Bonchev–Trinajstić information content (AvgIpc) is 2.91. The van der Waals surface area contributed by atoms with E-state index < -0.39 is 6.23 Å². The molecule has 1 aliphatic heterocycles. The van der Waals surface area contributed by atoms with Gasteiger partial charge >= 0.3 is 6.03 Å². The van der Waals surface area contributed by atoms with E-state index in [-0.39, 0.29) is 17.5 Å². The molecule has 1 saturated heterocycles. The molecule has 2 aromatic carbocycles. The first kappa shape index (κ1) is 21.3. The number of aliphatic hydroxyl groups is 1. The molecule has 156 valence electrons. The number of para-hydroxylation sites is 1. The van der Waals surface area contributed by atoms with Crippen molar-refractivity contribution < 1.29 is 9.90 Å². The highest BCUT2D eigenvalue weighted by Crippen LogP contribution is 2.24. The van der Waals surface area contributed by atoms with Crippen molar-refractivity contribution in [2.45, 2.75) is 64.3 Å². The van der Waals surface area contributed by atoms with E-state index in [2.05, 4.69) is 55.7 Å². The highest BCUT2D eigenvalue weighted by Gasteiger charge is 2.31. The number of hydrogen-bond donors (Lipinski definition) is 3. The molecule has 2 atom stereocenters. The number of benzene rings is 2. The van der Waals surface area contributed by atoms with Crippen LogP contribution in [0.5, 0.6) is 0 Å². The van der Waals surface area contributed by atoms with Gasteiger partial charge in [0.2, 0.25) is 0 Å². The summed E-state index contributed by atoms with van der Waals surface area (Å²) in [5.74, 6) is 0. The third-order valence-electron chi connectivity index (χ3n) is 5.50. The number of carbonyl (C=O) groups excluding carboxylic acids is 1. The van der Waals surface area contributed by atoms with Gasteiger partial charge < -0.3 is 15.3 Å². The van der Waals surface area contributed by atoms with Gasteiger partial charge in [0.05, 0.1) is 6.04 Å². The summed E-state index contributed by atoms with van der Waals surface area (Å²) in [6.45, 7) is 7.79. The lowest BCUT2D eigenvalue weighted by Gasteiger charge is -2.34. The molecule has 5 heteroatoms. The number of carbonyl (C=O) groups is 1. The first-order chi connectivity index (χ1) is 13.8. The van der Waals surface area contributed by atoms with Crippen LogP contribution in [-0.2, 0) is 12.0 Å². The molecule has 2 aromatic rings. The largest absolute Gasteiger partial charge is 0.376 e. The molecule has 0 aliphatic carbocycles. The van der Waals surface area contributed by atoms with Gasteiger partial charge in [-0.3, -0.25) is 5.32 Å². The zero-order chi connectivity index (χ0) is 20.9. The SMILES string of the molecule is CC(C)(C)c1ccc(CN(C(=O)Nc2ccccc2)C2CCCCNC2O)cc1. The van der Waals surface area contributed by atoms with Crippen molar-refractivity contribution in [3.05, 3.63) is 65.7 Å². The molecule has 0 spiro atoms. The van der Waals surface area contributed by atoms with Gasteiger partial charge in [0.25, 0.3) is 0 Å². The van der Waals surface area contributed by atoms with Gasteiger partial charge in [0, 0.05) is 12.2 Å². The Morgan fingerprint density at radius 1 is 1.10 bits per heavy atom. The maximum absolute atomic E-state index is 13.2. The fourth-order valence-corrected chi connectivity index (χ4v) is 3.71. The van der Waals surface area contributed by atoms with Crippen molar-refractivity contribution in [1.29, 1.82) is 0 Å². The van der Waals surface area contributed by atoms with Crippen LogP contribution in [0, 0.1) is 0 Å². The van der Waals surface area contributed by atoms with Crippen LogP contribution in [0.1, 0.15) is 51.2 Å². The maximum atomic E-state index is 13.2. The number of nitrogens with zero attached hydrogens (tertiary/aromatic N) is 1. The van der Waals surface area contributed by atoms with Crippen LogP contribution in [0.25, 0.3) is 0 Å². The Balaban J connectivity index is 1.82. The van der Waals surface area contributed by atoms with Crippen molar-refractivity contribution in [1.82, 2.24) is 10.2 Å². The van der Waals surface area contributed by atoms with Crippen LogP contribution < -0.4 is 10.6 Å². The van der Waals surface area contributed by atoms with E-state index in [1.165, 1.54) is 5.56 Å². The van der Waals surface area contributed by atoms with Crippen LogP contribution in [-0.4, -0.2) is 34.9 Å². The first-order valence-corrected chi connectivity index (χ1v) is 10.5. The monoisotopic (exact) mass is 395 g/mol. The molecule has 0 saturated carbocycles. The van der Waals surface area contributed by atoms with Crippen LogP contribution in [0.4, 0.5) is 10.5 Å². The van der Waals surface area contributed by atoms with Crippen LogP contribution >= 0.6 is 0 Å². The predicted octanol–water partition coefficient (Wildman–Crippen LogP) is 4.48. The average molecular weight is 396 g/mol. The zero-order valence-corrected chi connectivity index (χ0v) is 17.7. The zero-order valence-electron chi connectivity index (χ0n) is 17.7. The molecule has 0 bridgehead atoms. The molecule has 3 rings (SSSR count). The van der Waals surface area contributed by atoms with Crippen LogP contribution in [0.15, 0.2) is 54.6 Å². The van der Waals surface area contributed by atoms with Gasteiger partial charge in [-0.05, 0) is 54.5 Å². The standard InChI is InChI=1S/C24H33N3O2/c1-24(2,3)19-14-12-18(13-15-19)17-27(21-11-7-8-16-25-22(21)28)23(29)26-20-9-5-4-6-10-20/h4-6,9-10,12-15,21-22,25,28H,7-8,11,16-17H2,1-3H3,(H,26,29). The summed E-state index contributed by atoms with van der Waals surface area (Å²) in [5, 5.41) is 16.8. The molecule has 1 heterocycles. The second-order valence-electron chi connectivity index (χ2n) is 8.83. The molecule has 29 heavy (non-hydrogen) atoms. The van der Waals surface area contributed by atoms with Gasteiger partial charge in [-0.25, -0.2) is 4.79 Å². The maximum Gasteiger partial charge on any atom is 0.322 e. The lowest BCUT2D eigenvalue weighted by molar-refractivity contribution is 0.0456. The first-order valence-electron chi connectivity index (χ1n) is 10.5. The summed E-state index contributed by atoms with van der Waals surface area (Å²) in [6, 6.07) is 17.4. The molecular formula is C24H33N3O2. The minimum Gasteiger partial charge on any atom is -0.376 e. The van der Waals surface area contributed by atoms with E-state index in [0.717, 1.165) is 37.1 Å². The highest BCUT2D eigenvalue weighted by atomic mass is 16.3. The van der Waals surface area contributed by atoms with E-state index >= 15 is 0 Å². The number of anilines is 1.